The maximum atomic E-state index is 4.47. The van der Waals surface area contributed by atoms with E-state index < -0.39 is 0 Å². The average molecular weight is 217 g/mol. The Kier molecular flexibility index (Phi) is 3.54. The summed E-state index contributed by atoms with van der Waals surface area (Å²) < 4.78 is 0. The summed E-state index contributed by atoms with van der Waals surface area (Å²) in [5.74, 6) is 0.955. The quantitative estimate of drug-likeness (QED) is 0.842. The Labute approximate surface area is 97.0 Å². The minimum Gasteiger partial charge on any atom is -0.368 e. The van der Waals surface area contributed by atoms with Crippen molar-refractivity contribution in [3.63, 3.8) is 0 Å². The Morgan fingerprint density at radius 2 is 2.31 bits per heavy atom. The average Bonchev–Trinajstić information content (AvgIpc) is 2.83. The standard InChI is InChI=1S/C13H19N3/c1-3-10(2)16-13-7-6-11(9-15-13)12-5-4-8-14-12/h6-7,9-10H,3-5,8H2,1-2H3,(H,15,16)/t10-/m1/s1. The molecule has 0 saturated carbocycles. The van der Waals surface area contributed by atoms with Crippen LogP contribution in [0, 0.1) is 0 Å². The molecule has 0 amide bonds. The zero-order valence-corrected chi connectivity index (χ0v) is 10.0. The van der Waals surface area contributed by atoms with Crippen molar-refractivity contribution in [2.24, 2.45) is 4.99 Å². The zero-order chi connectivity index (χ0) is 11.4. The van der Waals surface area contributed by atoms with Gasteiger partial charge in [0.25, 0.3) is 0 Å². The predicted molar refractivity (Wildman–Crippen MR) is 68.3 cm³/mol. The van der Waals surface area contributed by atoms with E-state index in [1.807, 2.05) is 12.3 Å². The molecule has 3 heteroatoms. The molecule has 2 rings (SSSR count). The summed E-state index contributed by atoms with van der Waals surface area (Å²) in [7, 11) is 0. The molecule has 0 aliphatic carbocycles. The van der Waals surface area contributed by atoms with Crippen molar-refractivity contribution < 1.29 is 0 Å². The lowest BCUT2D eigenvalue weighted by Gasteiger charge is -2.12. The van der Waals surface area contributed by atoms with E-state index in [0.717, 1.165) is 25.2 Å². The minimum atomic E-state index is 0.474. The summed E-state index contributed by atoms with van der Waals surface area (Å²) >= 11 is 0. The van der Waals surface area contributed by atoms with E-state index in [1.165, 1.54) is 17.7 Å². The van der Waals surface area contributed by atoms with Gasteiger partial charge in [-0.05, 0) is 38.3 Å². The van der Waals surface area contributed by atoms with Crippen molar-refractivity contribution >= 4 is 11.5 Å². The van der Waals surface area contributed by atoms with Crippen molar-refractivity contribution in [2.45, 2.75) is 39.2 Å². The van der Waals surface area contributed by atoms with E-state index >= 15 is 0 Å². The molecular weight excluding hydrogens is 198 g/mol. The molecule has 1 aliphatic heterocycles. The fourth-order valence-corrected chi connectivity index (χ4v) is 1.78. The molecule has 1 N–H and O–H groups in total. The molecule has 1 aromatic rings. The normalized spacial score (nSPS) is 17.0. The number of nitrogens with one attached hydrogen (secondary N) is 1. The van der Waals surface area contributed by atoms with Gasteiger partial charge in [0.2, 0.25) is 0 Å². The van der Waals surface area contributed by atoms with Crippen LogP contribution in [0.2, 0.25) is 0 Å². The molecule has 1 aliphatic rings. The fourth-order valence-electron chi connectivity index (χ4n) is 1.78. The van der Waals surface area contributed by atoms with E-state index in [9.17, 15) is 0 Å². The summed E-state index contributed by atoms with van der Waals surface area (Å²) in [5, 5.41) is 3.36. The Bertz CT molecular complexity index is 367. The van der Waals surface area contributed by atoms with Crippen molar-refractivity contribution in [2.75, 3.05) is 11.9 Å². The van der Waals surface area contributed by atoms with Crippen LogP contribution >= 0.6 is 0 Å². The largest absolute Gasteiger partial charge is 0.368 e. The Balaban J connectivity index is 2.04. The number of hydrogen-bond donors (Lipinski definition) is 1. The van der Waals surface area contributed by atoms with Gasteiger partial charge in [0.05, 0.1) is 0 Å². The first kappa shape index (κ1) is 11.1. The molecule has 16 heavy (non-hydrogen) atoms. The van der Waals surface area contributed by atoms with Gasteiger partial charge in [-0.1, -0.05) is 6.92 Å². The van der Waals surface area contributed by atoms with Crippen LogP contribution in [-0.2, 0) is 0 Å². The van der Waals surface area contributed by atoms with Crippen LogP contribution in [0.25, 0.3) is 0 Å². The summed E-state index contributed by atoms with van der Waals surface area (Å²) in [4.78, 5) is 8.89. The summed E-state index contributed by atoms with van der Waals surface area (Å²) in [6, 6.07) is 4.63. The van der Waals surface area contributed by atoms with Gasteiger partial charge >= 0.3 is 0 Å². The SMILES string of the molecule is CC[C@@H](C)Nc1ccc(C2=NCCC2)cn1. The van der Waals surface area contributed by atoms with E-state index in [2.05, 4.69) is 35.2 Å². The zero-order valence-electron chi connectivity index (χ0n) is 10.0. The molecule has 1 aromatic heterocycles. The van der Waals surface area contributed by atoms with Crippen LogP contribution < -0.4 is 5.32 Å². The molecule has 0 spiro atoms. The lowest BCUT2D eigenvalue weighted by atomic mass is 10.1. The highest BCUT2D eigenvalue weighted by molar-refractivity contribution is 6.01. The van der Waals surface area contributed by atoms with Gasteiger partial charge in [0.1, 0.15) is 5.82 Å². The number of rotatable bonds is 4. The molecule has 0 bridgehead atoms. The van der Waals surface area contributed by atoms with Crippen molar-refractivity contribution in [3.05, 3.63) is 23.9 Å². The summed E-state index contributed by atoms with van der Waals surface area (Å²) in [5.41, 5.74) is 2.38. The molecule has 0 saturated heterocycles. The monoisotopic (exact) mass is 217 g/mol. The topological polar surface area (TPSA) is 37.3 Å². The van der Waals surface area contributed by atoms with Gasteiger partial charge in [-0.2, -0.15) is 0 Å². The second kappa shape index (κ2) is 5.10. The van der Waals surface area contributed by atoms with Gasteiger partial charge < -0.3 is 5.32 Å². The first-order chi connectivity index (χ1) is 7.79. The molecule has 0 aromatic carbocycles. The van der Waals surface area contributed by atoms with E-state index in [4.69, 9.17) is 0 Å². The number of hydrogen-bond acceptors (Lipinski definition) is 3. The molecular formula is C13H19N3. The third kappa shape index (κ3) is 2.60. The molecule has 86 valence electrons. The van der Waals surface area contributed by atoms with Crippen LogP contribution in [-0.4, -0.2) is 23.3 Å². The highest BCUT2D eigenvalue weighted by Gasteiger charge is 2.09. The number of anilines is 1. The molecule has 2 heterocycles. The highest BCUT2D eigenvalue weighted by Crippen LogP contribution is 2.14. The second-order valence-electron chi connectivity index (χ2n) is 4.32. The van der Waals surface area contributed by atoms with Gasteiger partial charge in [0, 0.05) is 30.1 Å². The fraction of sp³-hybridized carbons (Fsp3) is 0.538. The lowest BCUT2D eigenvalue weighted by Crippen LogP contribution is -2.14. The molecule has 0 radical (unpaired) electrons. The number of pyridine rings is 1. The maximum Gasteiger partial charge on any atom is 0.126 e. The van der Waals surface area contributed by atoms with E-state index in [-0.39, 0.29) is 0 Å². The number of aliphatic imine (C=N–C) groups is 1. The van der Waals surface area contributed by atoms with Crippen LogP contribution in [0.3, 0.4) is 0 Å². The van der Waals surface area contributed by atoms with Crippen LogP contribution in [0.15, 0.2) is 23.3 Å². The van der Waals surface area contributed by atoms with Crippen molar-refractivity contribution in [1.82, 2.24) is 4.98 Å². The third-order valence-electron chi connectivity index (χ3n) is 2.98. The Hall–Kier alpha value is -1.38. The van der Waals surface area contributed by atoms with Crippen LogP contribution in [0.5, 0.6) is 0 Å². The highest BCUT2D eigenvalue weighted by atomic mass is 15.0. The molecule has 0 fully saturated rings. The van der Waals surface area contributed by atoms with Crippen LogP contribution in [0.1, 0.15) is 38.7 Å². The number of aromatic nitrogens is 1. The van der Waals surface area contributed by atoms with Gasteiger partial charge in [0.15, 0.2) is 0 Å². The van der Waals surface area contributed by atoms with Crippen molar-refractivity contribution in [1.29, 1.82) is 0 Å². The summed E-state index contributed by atoms with van der Waals surface area (Å²) in [6.07, 6.45) is 5.31. The Morgan fingerprint density at radius 3 is 2.88 bits per heavy atom. The van der Waals surface area contributed by atoms with Gasteiger partial charge in [-0.15, -0.1) is 0 Å². The van der Waals surface area contributed by atoms with E-state index in [0.29, 0.717) is 6.04 Å². The predicted octanol–water partition coefficient (Wildman–Crippen LogP) is 2.87. The first-order valence-corrected chi connectivity index (χ1v) is 6.06. The van der Waals surface area contributed by atoms with Crippen LogP contribution in [0.4, 0.5) is 5.82 Å². The first-order valence-electron chi connectivity index (χ1n) is 6.06. The van der Waals surface area contributed by atoms with E-state index in [1.54, 1.807) is 0 Å². The summed E-state index contributed by atoms with van der Waals surface area (Å²) in [6.45, 7) is 5.30. The molecule has 3 nitrogen and oxygen atoms in total. The molecule has 1 atom stereocenters. The molecule has 0 unspecified atom stereocenters. The third-order valence-corrected chi connectivity index (χ3v) is 2.98. The number of nitrogens with zero attached hydrogens (tertiary/aromatic N) is 2. The second-order valence-corrected chi connectivity index (χ2v) is 4.32. The maximum absolute atomic E-state index is 4.47. The van der Waals surface area contributed by atoms with Crippen molar-refractivity contribution in [3.8, 4) is 0 Å². The lowest BCUT2D eigenvalue weighted by molar-refractivity contribution is 0.759. The Morgan fingerprint density at radius 1 is 1.44 bits per heavy atom. The minimum absolute atomic E-state index is 0.474. The van der Waals surface area contributed by atoms with Gasteiger partial charge in [-0.3, -0.25) is 4.99 Å². The smallest absolute Gasteiger partial charge is 0.126 e. The van der Waals surface area contributed by atoms with Gasteiger partial charge in [-0.25, -0.2) is 4.98 Å².